The van der Waals surface area contributed by atoms with E-state index in [9.17, 15) is 4.79 Å². The summed E-state index contributed by atoms with van der Waals surface area (Å²) in [7, 11) is 0. The summed E-state index contributed by atoms with van der Waals surface area (Å²) in [4.78, 5) is 12.0. The Morgan fingerprint density at radius 3 is 3.06 bits per heavy atom. The largest absolute Gasteiger partial charge is 0.385 e. The molecule has 90 valence electrons. The van der Waals surface area contributed by atoms with Crippen molar-refractivity contribution in [2.75, 3.05) is 18.4 Å². The molecule has 0 fully saturated rings. The zero-order chi connectivity index (χ0) is 12.3. The zero-order valence-corrected chi connectivity index (χ0v) is 10.3. The second-order valence-corrected chi connectivity index (χ2v) is 4.62. The maximum Gasteiger partial charge on any atom is 0.227 e. The molecule has 4 heteroatoms. The Morgan fingerprint density at radius 2 is 2.29 bits per heavy atom. The van der Waals surface area contributed by atoms with Gasteiger partial charge in [0.05, 0.1) is 12.5 Å². The van der Waals surface area contributed by atoms with Crippen LogP contribution in [0.5, 0.6) is 0 Å². The Balaban J connectivity index is 2.12. The van der Waals surface area contributed by atoms with Crippen LogP contribution in [-0.4, -0.2) is 19.0 Å². The summed E-state index contributed by atoms with van der Waals surface area (Å²) in [6.07, 6.45) is 0.803. The highest BCUT2D eigenvalue weighted by molar-refractivity contribution is 6.29. The van der Waals surface area contributed by atoms with Crippen LogP contribution in [0.1, 0.15) is 17.9 Å². The lowest BCUT2D eigenvalue weighted by Gasteiger charge is -2.25. The van der Waals surface area contributed by atoms with Gasteiger partial charge in [0.1, 0.15) is 0 Å². The summed E-state index contributed by atoms with van der Waals surface area (Å²) in [5.41, 5.74) is 2.10. The predicted molar refractivity (Wildman–Crippen MR) is 70.3 cm³/mol. The smallest absolute Gasteiger partial charge is 0.227 e. The van der Waals surface area contributed by atoms with Gasteiger partial charge in [0.2, 0.25) is 5.91 Å². The summed E-state index contributed by atoms with van der Waals surface area (Å²) >= 11 is 5.64. The first-order chi connectivity index (χ1) is 8.18. The number of halogens is 1. The Hall–Kier alpha value is -1.48. The van der Waals surface area contributed by atoms with Gasteiger partial charge in [-0.25, -0.2) is 0 Å². The van der Waals surface area contributed by atoms with Crippen LogP contribution < -0.4 is 10.6 Å². The molecule has 0 saturated heterocycles. The van der Waals surface area contributed by atoms with Crippen LogP contribution in [0, 0.1) is 0 Å². The molecule has 2 rings (SSSR count). The molecule has 1 aliphatic heterocycles. The molecular formula is C13H15ClN2O. The Labute approximate surface area is 106 Å². The summed E-state index contributed by atoms with van der Waals surface area (Å²) in [5, 5.41) is 6.53. The van der Waals surface area contributed by atoms with Gasteiger partial charge in [-0.15, -0.1) is 0 Å². The number of hydrogen-bond acceptors (Lipinski definition) is 2. The molecule has 1 heterocycles. The van der Waals surface area contributed by atoms with Gasteiger partial charge in [0.15, 0.2) is 0 Å². The number of benzene rings is 1. The third kappa shape index (κ3) is 2.80. The van der Waals surface area contributed by atoms with Crippen molar-refractivity contribution in [3.63, 3.8) is 0 Å². The Bertz CT molecular complexity index is 445. The van der Waals surface area contributed by atoms with Crippen LogP contribution in [-0.2, 0) is 4.79 Å². The molecule has 3 nitrogen and oxygen atoms in total. The number of carbonyl (C=O) groups is 1. The highest BCUT2D eigenvalue weighted by Gasteiger charge is 2.25. The average molecular weight is 251 g/mol. The van der Waals surface area contributed by atoms with E-state index in [1.54, 1.807) is 0 Å². The third-order valence-electron chi connectivity index (χ3n) is 2.86. The maximum absolute atomic E-state index is 12.0. The van der Waals surface area contributed by atoms with Crippen LogP contribution in [0.2, 0.25) is 0 Å². The second kappa shape index (κ2) is 5.23. The van der Waals surface area contributed by atoms with Gasteiger partial charge >= 0.3 is 0 Å². The van der Waals surface area contributed by atoms with Gasteiger partial charge in [-0.3, -0.25) is 4.79 Å². The molecule has 0 saturated carbocycles. The topological polar surface area (TPSA) is 41.1 Å². The highest BCUT2D eigenvalue weighted by atomic mass is 35.5. The van der Waals surface area contributed by atoms with E-state index in [-0.39, 0.29) is 11.8 Å². The van der Waals surface area contributed by atoms with E-state index in [4.69, 9.17) is 11.6 Å². The number of rotatable bonds is 3. The molecule has 0 aliphatic carbocycles. The molecule has 0 radical (unpaired) electrons. The van der Waals surface area contributed by atoms with Gasteiger partial charge in [-0.05, 0) is 18.1 Å². The van der Waals surface area contributed by atoms with Gasteiger partial charge in [-0.1, -0.05) is 36.4 Å². The van der Waals surface area contributed by atoms with Crippen molar-refractivity contribution < 1.29 is 4.79 Å². The van der Waals surface area contributed by atoms with Crippen LogP contribution in [0.15, 0.2) is 35.9 Å². The van der Waals surface area contributed by atoms with Crippen LogP contribution in [0.3, 0.4) is 0 Å². The van der Waals surface area contributed by atoms with Crippen LogP contribution in [0.25, 0.3) is 0 Å². The second-order valence-electron chi connectivity index (χ2n) is 4.09. The number of para-hydroxylation sites is 1. The van der Waals surface area contributed by atoms with Crippen molar-refractivity contribution in [3.8, 4) is 0 Å². The van der Waals surface area contributed by atoms with Crippen LogP contribution in [0.4, 0.5) is 5.69 Å². The number of nitrogens with one attached hydrogen (secondary N) is 2. The summed E-state index contributed by atoms with van der Waals surface area (Å²) < 4.78 is 0. The average Bonchev–Trinajstić information content (AvgIpc) is 2.35. The van der Waals surface area contributed by atoms with Crippen LogP contribution >= 0.6 is 11.6 Å². The molecule has 0 aromatic heterocycles. The summed E-state index contributed by atoms with van der Waals surface area (Å²) in [6.45, 7) is 4.70. The predicted octanol–water partition coefficient (Wildman–Crippen LogP) is 2.45. The van der Waals surface area contributed by atoms with E-state index in [2.05, 4.69) is 17.2 Å². The zero-order valence-electron chi connectivity index (χ0n) is 9.50. The highest BCUT2D eigenvalue weighted by Crippen LogP contribution is 2.31. The summed E-state index contributed by atoms with van der Waals surface area (Å²) in [6, 6.07) is 7.90. The molecule has 1 atom stereocenters. The van der Waals surface area contributed by atoms with Crippen molar-refractivity contribution in [2.24, 2.45) is 0 Å². The Kier molecular flexibility index (Phi) is 3.69. The minimum atomic E-state index is -0.0940. The number of hydrogen-bond donors (Lipinski definition) is 2. The fraction of sp³-hybridized carbons (Fsp3) is 0.308. The molecule has 1 aliphatic rings. The van der Waals surface area contributed by atoms with E-state index in [1.807, 2.05) is 24.3 Å². The molecule has 1 unspecified atom stereocenters. The first-order valence-electron chi connectivity index (χ1n) is 5.62. The third-order valence-corrected chi connectivity index (χ3v) is 2.99. The van der Waals surface area contributed by atoms with Gasteiger partial charge < -0.3 is 10.6 Å². The quantitative estimate of drug-likeness (QED) is 0.865. The lowest BCUT2D eigenvalue weighted by atomic mass is 9.90. The number of amides is 1. The molecule has 17 heavy (non-hydrogen) atoms. The van der Waals surface area contributed by atoms with E-state index < -0.39 is 0 Å². The fourth-order valence-electron chi connectivity index (χ4n) is 2.05. The standard InChI is InChI=1S/C13H15ClN2O/c1-9(14)8-16-13(17)11-6-7-15-12-5-3-2-4-10(11)12/h2-5,11,15H,1,6-8H2,(H,16,17). The van der Waals surface area contributed by atoms with Gasteiger partial charge in [0, 0.05) is 17.3 Å². The van der Waals surface area contributed by atoms with Crippen molar-refractivity contribution in [3.05, 3.63) is 41.4 Å². The molecule has 1 aromatic rings. The molecular weight excluding hydrogens is 236 g/mol. The van der Waals surface area contributed by atoms with Gasteiger partial charge in [-0.2, -0.15) is 0 Å². The molecule has 1 amide bonds. The van der Waals surface area contributed by atoms with E-state index in [1.165, 1.54) is 0 Å². The first kappa shape index (κ1) is 12.0. The molecule has 0 spiro atoms. The van der Waals surface area contributed by atoms with Gasteiger partial charge in [0.25, 0.3) is 0 Å². The number of fused-ring (bicyclic) bond motifs is 1. The van der Waals surface area contributed by atoms with E-state index >= 15 is 0 Å². The molecule has 2 N–H and O–H groups in total. The number of carbonyl (C=O) groups excluding carboxylic acids is 1. The fourth-order valence-corrected chi connectivity index (χ4v) is 2.11. The summed E-state index contributed by atoms with van der Waals surface area (Å²) in [5.74, 6) is -0.0794. The van der Waals surface area contributed by atoms with Crippen molar-refractivity contribution in [1.29, 1.82) is 0 Å². The first-order valence-corrected chi connectivity index (χ1v) is 6.00. The SMILES string of the molecule is C=C(Cl)CNC(=O)C1CCNc2ccccc21. The van der Waals surface area contributed by atoms with E-state index in [0.717, 1.165) is 24.2 Å². The Morgan fingerprint density at radius 1 is 1.53 bits per heavy atom. The van der Waals surface area contributed by atoms with E-state index in [0.29, 0.717) is 11.6 Å². The number of anilines is 1. The van der Waals surface area contributed by atoms with Crippen molar-refractivity contribution >= 4 is 23.2 Å². The molecule has 0 bridgehead atoms. The normalized spacial score (nSPS) is 17.8. The maximum atomic E-state index is 12.0. The minimum absolute atomic E-state index is 0.0146. The minimum Gasteiger partial charge on any atom is -0.385 e. The lowest BCUT2D eigenvalue weighted by Crippen LogP contribution is -2.33. The lowest BCUT2D eigenvalue weighted by molar-refractivity contribution is -0.122. The van der Waals surface area contributed by atoms with Crippen molar-refractivity contribution in [1.82, 2.24) is 5.32 Å². The molecule has 1 aromatic carbocycles. The van der Waals surface area contributed by atoms with Crippen molar-refractivity contribution in [2.45, 2.75) is 12.3 Å². The monoisotopic (exact) mass is 250 g/mol.